The van der Waals surface area contributed by atoms with Crippen LogP contribution in [0.1, 0.15) is 18.1 Å². The van der Waals surface area contributed by atoms with Gasteiger partial charge in [0.15, 0.2) is 11.6 Å². The number of amides is 1. The molecule has 0 radical (unpaired) electrons. The van der Waals surface area contributed by atoms with E-state index in [0.29, 0.717) is 18.9 Å². The molecule has 168 valence electrons. The Morgan fingerprint density at radius 3 is 2.42 bits per heavy atom. The first-order chi connectivity index (χ1) is 16.0. The molecule has 4 aromatic rings. The number of piperazine rings is 1. The minimum atomic E-state index is 0.113. The molecule has 8 heteroatoms. The Morgan fingerprint density at radius 2 is 1.67 bits per heavy atom. The predicted molar refractivity (Wildman–Crippen MR) is 131 cm³/mol. The van der Waals surface area contributed by atoms with Crippen molar-refractivity contribution in [3.8, 4) is 11.4 Å². The van der Waals surface area contributed by atoms with Crippen molar-refractivity contribution >= 4 is 34.3 Å². The molecular formula is C25H27N7O. The van der Waals surface area contributed by atoms with Crippen molar-refractivity contribution in [2.75, 3.05) is 36.4 Å². The van der Waals surface area contributed by atoms with E-state index >= 15 is 0 Å². The van der Waals surface area contributed by atoms with Gasteiger partial charge in [0.1, 0.15) is 11.6 Å². The molecule has 2 N–H and O–H groups in total. The minimum Gasteiger partial charge on any atom is -0.353 e. The summed E-state index contributed by atoms with van der Waals surface area (Å²) in [4.78, 5) is 25.8. The number of aromatic amines is 1. The number of aryl methyl sites for hydroxylation is 1. The lowest BCUT2D eigenvalue weighted by molar-refractivity contribution is -0.129. The molecule has 1 aliphatic heterocycles. The second-order valence-corrected chi connectivity index (χ2v) is 8.40. The topological polar surface area (TPSA) is 90.0 Å². The van der Waals surface area contributed by atoms with Crippen molar-refractivity contribution in [1.82, 2.24) is 25.1 Å². The summed E-state index contributed by atoms with van der Waals surface area (Å²) >= 11 is 0. The molecular weight excluding hydrogens is 414 g/mol. The van der Waals surface area contributed by atoms with E-state index in [0.717, 1.165) is 58.1 Å². The highest BCUT2D eigenvalue weighted by Gasteiger charge is 2.24. The summed E-state index contributed by atoms with van der Waals surface area (Å²) in [6, 6.07) is 16.1. The third-order valence-corrected chi connectivity index (χ3v) is 6.24. The highest BCUT2D eigenvalue weighted by molar-refractivity contribution is 5.91. The van der Waals surface area contributed by atoms with Crippen LogP contribution < -0.4 is 10.2 Å². The van der Waals surface area contributed by atoms with Gasteiger partial charge in [0.05, 0.1) is 5.52 Å². The SMILES string of the molecule is CC(=O)N1CCN(c2nc(-c3ccccc3C)nc(Nc3n[nH]c4ccccc34)c2C)CC1. The third-order valence-electron chi connectivity index (χ3n) is 6.24. The predicted octanol–water partition coefficient (Wildman–Crippen LogP) is 4.05. The molecule has 2 aromatic heterocycles. The number of aromatic nitrogens is 4. The minimum absolute atomic E-state index is 0.113. The van der Waals surface area contributed by atoms with Crippen LogP contribution in [-0.2, 0) is 4.79 Å². The number of H-pyrrole nitrogens is 1. The summed E-state index contributed by atoms with van der Waals surface area (Å²) in [6.45, 7) is 8.56. The maximum atomic E-state index is 11.8. The zero-order valence-corrected chi connectivity index (χ0v) is 19.1. The standard InChI is InChI=1S/C25H27N7O/c1-16-8-4-5-9-19(16)23-26-22(27-24-20-10-6-7-11-21(20)29-30-24)17(2)25(28-23)32-14-12-31(13-15-32)18(3)33/h4-11H,12-15H2,1-3H3,(H2,26,27,28,29,30). The number of hydrogen-bond acceptors (Lipinski definition) is 6. The lowest BCUT2D eigenvalue weighted by atomic mass is 10.1. The molecule has 1 fully saturated rings. The number of benzene rings is 2. The Labute approximate surface area is 192 Å². The van der Waals surface area contributed by atoms with Gasteiger partial charge >= 0.3 is 0 Å². The van der Waals surface area contributed by atoms with Gasteiger partial charge in [-0.1, -0.05) is 36.4 Å². The zero-order chi connectivity index (χ0) is 22.9. The molecule has 8 nitrogen and oxygen atoms in total. The normalized spacial score (nSPS) is 14.0. The summed E-state index contributed by atoms with van der Waals surface area (Å²) < 4.78 is 0. The van der Waals surface area contributed by atoms with Crippen molar-refractivity contribution in [2.45, 2.75) is 20.8 Å². The van der Waals surface area contributed by atoms with Gasteiger partial charge in [-0.15, -0.1) is 0 Å². The van der Waals surface area contributed by atoms with E-state index in [1.807, 2.05) is 54.3 Å². The maximum Gasteiger partial charge on any atom is 0.219 e. The molecule has 33 heavy (non-hydrogen) atoms. The van der Waals surface area contributed by atoms with Crippen molar-refractivity contribution < 1.29 is 4.79 Å². The number of hydrogen-bond donors (Lipinski definition) is 2. The van der Waals surface area contributed by atoms with Crippen LogP contribution in [0, 0.1) is 13.8 Å². The molecule has 0 saturated carbocycles. The van der Waals surface area contributed by atoms with Crippen LogP contribution in [0.15, 0.2) is 48.5 Å². The zero-order valence-electron chi connectivity index (χ0n) is 19.1. The van der Waals surface area contributed by atoms with Crippen LogP contribution in [-0.4, -0.2) is 57.2 Å². The first-order valence-corrected chi connectivity index (χ1v) is 11.2. The second kappa shape index (κ2) is 8.54. The summed E-state index contributed by atoms with van der Waals surface area (Å²) in [5.41, 5.74) is 4.03. The number of carbonyl (C=O) groups excluding carboxylic acids is 1. The first-order valence-electron chi connectivity index (χ1n) is 11.2. The van der Waals surface area contributed by atoms with E-state index < -0.39 is 0 Å². The van der Waals surface area contributed by atoms with Crippen LogP contribution in [0.3, 0.4) is 0 Å². The number of nitrogens with zero attached hydrogens (tertiary/aromatic N) is 5. The molecule has 1 saturated heterocycles. The number of carbonyl (C=O) groups is 1. The summed E-state index contributed by atoms with van der Waals surface area (Å²) in [6.07, 6.45) is 0. The van der Waals surface area contributed by atoms with Crippen molar-refractivity contribution in [2.24, 2.45) is 0 Å². The first kappa shape index (κ1) is 20.9. The fourth-order valence-electron chi connectivity index (χ4n) is 4.28. The third kappa shape index (κ3) is 4.00. The van der Waals surface area contributed by atoms with E-state index in [-0.39, 0.29) is 5.91 Å². The van der Waals surface area contributed by atoms with Gasteiger partial charge in [0, 0.05) is 49.6 Å². The Balaban J connectivity index is 1.58. The van der Waals surface area contributed by atoms with E-state index in [9.17, 15) is 4.79 Å². The molecule has 0 unspecified atom stereocenters. The fraction of sp³-hybridized carbons (Fsp3) is 0.280. The molecule has 1 amide bonds. The van der Waals surface area contributed by atoms with Gasteiger partial charge in [-0.05, 0) is 31.5 Å². The Kier molecular flexibility index (Phi) is 5.42. The molecule has 1 aliphatic rings. The van der Waals surface area contributed by atoms with E-state index in [2.05, 4.69) is 33.4 Å². The average Bonchev–Trinajstić information content (AvgIpc) is 3.24. The highest BCUT2D eigenvalue weighted by atomic mass is 16.2. The largest absolute Gasteiger partial charge is 0.353 e. The van der Waals surface area contributed by atoms with E-state index in [1.165, 1.54) is 0 Å². The van der Waals surface area contributed by atoms with Gasteiger partial charge in [0.2, 0.25) is 5.91 Å². The van der Waals surface area contributed by atoms with Crippen LogP contribution in [0.5, 0.6) is 0 Å². The average molecular weight is 442 g/mol. The van der Waals surface area contributed by atoms with Gasteiger partial charge < -0.3 is 15.1 Å². The monoisotopic (exact) mass is 441 g/mol. The Morgan fingerprint density at radius 1 is 0.939 bits per heavy atom. The Hall–Kier alpha value is -3.94. The number of rotatable bonds is 4. The number of nitrogens with one attached hydrogen (secondary N) is 2. The lowest BCUT2D eigenvalue weighted by Gasteiger charge is -2.36. The smallest absolute Gasteiger partial charge is 0.219 e. The van der Waals surface area contributed by atoms with E-state index in [1.54, 1.807) is 6.92 Å². The molecule has 0 spiro atoms. The molecule has 2 aromatic carbocycles. The number of fused-ring (bicyclic) bond motifs is 1. The molecule has 0 aliphatic carbocycles. The van der Waals surface area contributed by atoms with Gasteiger partial charge in [-0.3, -0.25) is 9.89 Å². The molecule has 0 bridgehead atoms. The summed E-state index contributed by atoms with van der Waals surface area (Å²) in [7, 11) is 0. The summed E-state index contributed by atoms with van der Waals surface area (Å²) in [5.74, 6) is 3.13. The molecule has 5 rings (SSSR count). The quantitative estimate of drug-likeness (QED) is 0.497. The van der Waals surface area contributed by atoms with Crippen LogP contribution in [0.2, 0.25) is 0 Å². The molecule has 0 atom stereocenters. The van der Waals surface area contributed by atoms with Gasteiger partial charge in [0.25, 0.3) is 0 Å². The Bertz CT molecular complexity index is 1320. The number of para-hydroxylation sites is 1. The highest BCUT2D eigenvalue weighted by Crippen LogP contribution is 2.32. The van der Waals surface area contributed by atoms with Crippen molar-refractivity contribution in [3.63, 3.8) is 0 Å². The number of anilines is 3. The van der Waals surface area contributed by atoms with Crippen molar-refractivity contribution in [3.05, 3.63) is 59.7 Å². The summed E-state index contributed by atoms with van der Waals surface area (Å²) in [5, 5.41) is 12.0. The maximum absolute atomic E-state index is 11.8. The fourth-order valence-corrected chi connectivity index (χ4v) is 4.28. The van der Waals surface area contributed by atoms with Crippen LogP contribution in [0.25, 0.3) is 22.3 Å². The van der Waals surface area contributed by atoms with Gasteiger partial charge in [-0.25, -0.2) is 9.97 Å². The van der Waals surface area contributed by atoms with Crippen LogP contribution in [0.4, 0.5) is 17.5 Å². The second-order valence-electron chi connectivity index (χ2n) is 8.40. The lowest BCUT2D eigenvalue weighted by Crippen LogP contribution is -2.48. The van der Waals surface area contributed by atoms with Crippen molar-refractivity contribution in [1.29, 1.82) is 0 Å². The van der Waals surface area contributed by atoms with Gasteiger partial charge in [-0.2, -0.15) is 5.10 Å². The molecule has 3 heterocycles. The van der Waals surface area contributed by atoms with E-state index in [4.69, 9.17) is 9.97 Å². The van der Waals surface area contributed by atoms with Crippen LogP contribution >= 0.6 is 0 Å².